The highest BCUT2D eigenvalue weighted by Crippen LogP contribution is 2.28. The van der Waals surface area contributed by atoms with Crippen LogP contribution in [0.1, 0.15) is 45.4 Å². The normalized spacial score (nSPS) is 34.8. The van der Waals surface area contributed by atoms with Gasteiger partial charge in [-0.3, -0.25) is 0 Å². The number of nitrogens with two attached hydrogens (primary N) is 1. The molecule has 17 heavy (non-hydrogen) atoms. The summed E-state index contributed by atoms with van der Waals surface area (Å²) in [5.41, 5.74) is 5.99. The van der Waals surface area contributed by atoms with Crippen LogP contribution in [0.5, 0.6) is 0 Å². The lowest BCUT2D eigenvalue weighted by Crippen LogP contribution is -2.46. The Morgan fingerprint density at radius 1 is 1.06 bits per heavy atom. The van der Waals surface area contributed by atoms with Gasteiger partial charge in [0, 0.05) is 19.2 Å². The molecule has 1 aliphatic carbocycles. The summed E-state index contributed by atoms with van der Waals surface area (Å²) in [6.07, 6.45) is 8.24. The number of nitrogens with zero attached hydrogens (tertiary/aromatic N) is 1. The maximum absolute atomic E-state index is 5.99. The predicted octanol–water partition coefficient (Wildman–Crippen LogP) is 2.00. The summed E-state index contributed by atoms with van der Waals surface area (Å²) in [4.78, 5) is 2.70. The van der Waals surface area contributed by atoms with Crippen molar-refractivity contribution in [2.75, 3.05) is 20.2 Å². The molecule has 0 spiro atoms. The van der Waals surface area contributed by atoms with Gasteiger partial charge in [0.05, 0.1) is 6.10 Å². The van der Waals surface area contributed by atoms with Crippen molar-refractivity contribution in [1.29, 1.82) is 0 Å². The van der Waals surface area contributed by atoms with E-state index in [2.05, 4.69) is 11.8 Å². The fraction of sp³-hybridized carbons (Fsp3) is 1.00. The second-order valence-electron chi connectivity index (χ2n) is 5.90. The van der Waals surface area contributed by atoms with Gasteiger partial charge in [0.15, 0.2) is 0 Å². The zero-order valence-electron chi connectivity index (χ0n) is 11.4. The largest absolute Gasteiger partial charge is 0.381 e. The molecule has 3 nitrogen and oxygen atoms in total. The Labute approximate surface area is 106 Å². The van der Waals surface area contributed by atoms with Crippen molar-refractivity contribution in [3.05, 3.63) is 0 Å². The number of piperidine rings is 1. The van der Waals surface area contributed by atoms with Gasteiger partial charge in [-0.2, -0.15) is 0 Å². The average Bonchev–Trinajstić information content (AvgIpc) is 2.39. The van der Waals surface area contributed by atoms with Crippen LogP contribution < -0.4 is 5.73 Å². The molecule has 1 saturated carbocycles. The topological polar surface area (TPSA) is 38.5 Å². The molecule has 0 bridgehead atoms. The summed E-state index contributed by atoms with van der Waals surface area (Å²) in [6, 6.07) is 1.19. The van der Waals surface area contributed by atoms with E-state index >= 15 is 0 Å². The summed E-state index contributed by atoms with van der Waals surface area (Å²) in [5.74, 6) is 0.751. The van der Waals surface area contributed by atoms with E-state index in [0.29, 0.717) is 12.1 Å². The van der Waals surface area contributed by atoms with Gasteiger partial charge in [-0.1, -0.05) is 0 Å². The molecule has 0 aromatic rings. The van der Waals surface area contributed by atoms with Gasteiger partial charge in [-0.05, 0) is 64.5 Å². The number of ether oxygens (including phenoxy) is 1. The van der Waals surface area contributed by atoms with Crippen LogP contribution in [0.25, 0.3) is 0 Å². The molecule has 1 unspecified atom stereocenters. The molecule has 1 aliphatic heterocycles. The molecule has 2 aliphatic rings. The maximum atomic E-state index is 5.99. The molecule has 100 valence electrons. The highest BCUT2D eigenvalue weighted by molar-refractivity contribution is 4.85. The molecular weight excluding hydrogens is 212 g/mol. The molecule has 3 heteroatoms. The third kappa shape index (κ3) is 3.43. The molecule has 2 rings (SSSR count). The first kappa shape index (κ1) is 13.3. The minimum atomic E-state index is 0.376. The number of hydrogen-bond donors (Lipinski definition) is 1. The van der Waals surface area contributed by atoms with Gasteiger partial charge < -0.3 is 15.4 Å². The Hall–Kier alpha value is -0.120. The summed E-state index contributed by atoms with van der Waals surface area (Å²) >= 11 is 0. The molecule has 1 saturated heterocycles. The quantitative estimate of drug-likeness (QED) is 0.820. The molecular formula is C14H28N2O. The predicted molar refractivity (Wildman–Crippen MR) is 71.0 cm³/mol. The SMILES string of the molecule is COC1CCC(N2CCC(C(C)N)CC2)CC1. The Balaban J connectivity index is 1.74. The molecule has 2 N–H and O–H groups in total. The lowest BCUT2D eigenvalue weighted by molar-refractivity contribution is 0.0279. The van der Waals surface area contributed by atoms with Gasteiger partial charge in [0.2, 0.25) is 0 Å². The van der Waals surface area contributed by atoms with Gasteiger partial charge in [-0.25, -0.2) is 0 Å². The molecule has 1 atom stereocenters. The van der Waals surface area contributed by atoms with Crippen molar-refractivity contribution in [3.63, 3.8) is 0 Å². The number of likely N-dealkylation sites (tertiary alicyclic amines) is 1. The molecule has 0 aromatic heterocycles. The minimum Gasteiger partial charge on any atom is -0.381 e. The summed E-state index contributed by atoms with van der Waals surface area (Å²) in [5, 5.41) is 0. The third-order valence-corrected chi connectivity index (χ3v) is 4.81. The maximum Gasteiger partial charge on any atom is 0.0572 e. The first-order valence-electron chi connectivity index (χ1n) is 7.23. The van der Waals surface area contributed by atoms with E-state index in [1.54, 1.807) is 0 Å². The number of methoxy groups -OCH3 is 1. The summed E-state index contributed by atoms with van der Waals surface area (Å²) in [7, 11) is 1.85. The van der Waals surface area contributed by atoms with Gasteiger partial charge in [0.1, 0.15) is 0 Å². The molecule has 0 amide bonds. The summed E-state index contributed by atoms with van der Waals surface area (Å²) in [6.45, 7) is 4.67. The lowest BCUT2D eigenvalue weighted by Gasteiger charge is -2.41. The second kappa shape index (κ2) is 6.17. The monoisotopic (exact) mass is 240 g/mol. The van der Waals surface area contributed by atoms with Crippen molar-refractivity contribution < 1.29 is 4.74 Å². The van der Waals surface area contributed by atoms with Crippen LogP contribution in [0.3, 0.4) is 0 Å². The van der Waals surface area contributed by atoms with Gasteiger partial charge in [0.25, 0.3) is 0 Å². The van der Waals surface area contributed by atoms with Crippen LogP contribution in [0, 0.1) is 5.92 Å². The smallest absolute Gasteiger partial charge is 0.0572 e. The second-order valence-corrected chi connectivity index (χ2v) is 5.90. The first-order valence-corrected chi connectivity index (χ1v) is 7.23. The number of rotatable bonds is 3. The van der Waals surface area contributed by atoms with Gasteiger partial charge in [-0.15, -0.1) is 0 Å². The standard InChI is InChI=1S/C14H28N2O/c1-11(15)12-7-9-16(10-8-12)13-3-5-14(17-2)6-4-13/h11-14H,3-10,15H2,1-2H3. The van der Waals surface area contributed by atoms with Crippen molar-refractivity contribution in [2.24, 2.45) is 11.7 Å². The fourth-order valence-corrected chi connectivity index (χ4v) is 3.46. The van der Waals surface area contributed by atoms with Crippen LogP contribution in [-0.4, -0.2) is 43.3 Å². The van der Waals surface area contributed by atoms with E-state index < -0.39 is 0 Å². The first-order chi connectivity index (χ1) is 8.20. The fourth-order valence-electron chi connectivity index (χ4n) is 3.46. The highest BCUT2D eigenvalue weighted by atomic mass is 16.5. The van der Waals surface area contributed by atoms with E-state index in [1.807, 2.05) is 7.11 Å². The average molecular weight is 240 g/mol. The zero-order valence-corrected chi connectivity index (χ0v) is 11.4. The van der Waals surface area contributed by atoms with Gasteiger partial charge >= 0.3 is 0 Å². The van der Waals surface area contributed by atoms with Crippen molar-refractivity contribution >= 4 is 0 Å². The van der Waals surface area contributed by atoms with E-state index in [9.17, 15) is 0 Å². The third-order valence-electron chi connectivity index (χ3n) is 4.81. The molecule has 0 radical (unpaired) electrons. The van der Waals surface area contributed by atoms with Crippen LogP contribution in [0.2, 0.25) is 0 Å². The zero-order chi connectivity index (χ0) is 12.3. The Morgan fingerprint density at radius 3 is 2.12 bits per heavy atom. The highest BCUT2D eigenvalue weighted by Gasteiger charge is 2.29. The van der Waals surface area contributed by atoms with E-state index in [1.165, 1.54) is 51.6 Å². The molecule has 0 aromatic carbocycles. The van der Waals surface area contributed by atoms with Crippen molar-refractivity contribution in [2.45, 2.75) is 63.6 Å². The van der Waals surface area contributed by atoms with E-state index in [-0.39, 0.29) is 0 Å². The Bertz CT molecular complexity index is 216. The van der Waals surface area contributed by atoms with Crippen molar-refractivity contribution in [1.82, 2.24) is 4.90 Å². The van der Waals surface area contributed by atoms with Crippen LogP contribution in [0.15, 0.2) is 0 Å². The van der Waals surface area contributed by atoms with Crippen LogP contribution >= 0.6 is 0 Å². The minimum absolute atomic E-state index is 0.376. The lowest BCUT2D eigenvalue weighted by atomic mass is 9.87. The molecule has 2 fully saturated rings. The van der Waals surface area contributed by atoms with Crippen LogP contribution in [-0.2, 0) is 4.74 Å². The van der Waals surface area contributed by atoms with Crippen molar-refractivity contribution in [3.8, 4) is 0 Å². The molecule has 1 heterocycles. The Kier molecular flexibility index (Phi) is 4.83. The summed E-state index contributed by atoms with van der Waals surface area (Å²) < 4.78 is 5.44. The van der Waals surface area contributed by atoms with E-state index in [0.717, 1.165) is 12.0 Å². The Morgan fingerprint density at radius 2 is 1.65 bits per heavy atom. The number of hydrogen-bond acceptors (Lipinski definition) is 3. The van der Waals surface area contributed by atoms with E-state index in [4.69, 9.17) is 10.5 Å². The van der Waals surface area contributed by atoms with Crippen LogP contribution in [0.4, 0.5) is 0 Å².